The SMILES string of the molecule is CN1CCN(CC2(Cn3cnc4ccc(F)cc4c3=O)CC2)CC1. The normalized spacial score (nSPS) is 21.2. The van der Waals surface area contributed by atoms with Crippen molar-refractivity contribution in [3.8, 4) is 0 Å². The molecule has 2 aromatic rings. The number of piperazine rings is 1. The third kappa shape index (κ3) is 3.08. The van der Waals surface area contributed by atoms with E-state index in [0.29, 0.717) is 17.4 Å². The van der Waals surface area contributed by atoms with E-state index in [-0.39, 0.29) is 11.0 Å². The van der Waals surface area contributed by atoms with Crippen molar-refractivity contribution in [1.29, 1.82) is 0 Å². The first kappa shape index (κ1) is 15.7. The number of halogens is 1. The van der Waals surface area contributed by atoms with Crippen molar-refractivity contribution in [3.63, 3.8) is 0 Å². The second kappa shape index (κ2) is 5.93. The Morgan fingerprint density at radius 1 is 1.17 bits per heavy atom. The quantitative estimate of drug-likeness (QED) is 0.853. The smallest absolute Gasteiger partial charge is 0.261 e. The number of fused-ring (bicyclic) bond motifs is 1. The minimum atomic E-state index is -0.391. The van der Waals surface area contributed by atoms with Gasteiger partial charge in [-0.15, -0.1) is 0 Å². The molecule has 4 rings (SSSR count). The summed E-state index contributed by atoms with van der Waals surface area (Å²) in [5.41, 5.74) is 0.605. The average Bonchev–Trinajstić information content (AvgIpc) is 3.32. The van der Waals surface area contributed by atoms with Crippen molar-refractivity contribution in [3.05, 3.63) is 40.7 Å². The predicted molar refractivity (Wildman–Crippen MR) is 91.6 cm³/mol. The van der Waals surface area contributed by atoms with Crippen LogP contribution >= 0.6 is 0 Å². The van der Waals surface area contributed by atoms with Crippen LogP contribution < -0.4 is 5.56 Å². The van der Waals surface area contributed by atoms with Crippen LogP contribution in [0, 0.1) is 11.2 Å². The third-order valence-electron chi connectivity index (χ3n) is 5.40. The Labute approximate surface area is 140 Å². The van der Waals surface area contributed by atoms with Crippen LogP contribution in [-0.2, 0) is 6.54 Å². The molecule has 24 heavy (non-hydrogen) atoms. The number of aromatic nitrogens is 2. The van der Waals surface area contributed by atoms with Gasteiger partial charge in [0.15, 0.2) is 0 Å². The van der Waals surface area contributed by atoms with E-state index in [2.05, 4.69) is 21.8 Å². The number of hydrogen-bond acceptors (Lipinski definition) is 4. The molecule has 1 aromatic heterocycles. The van der Waals surface area contributed by atoms with E-state index in [1.807, 2.05) is 0 Å². The van der Waals surface area contributed by atoms with Crippen molar-refractivity contribution in [2.24, 2.45) is 5.41 Å². The summed E-state index contributed by atoms with van der Waals surface area (Å²) in [6.45, 7) is 6.11. The number of likely N-dealkylation sites (N-methyl/N-ethyl adjacent to an activating group) is 1. The molecule has 2 aliphatic rings. The van der Waals surface area contributed by atoms with E-state index in [1.165, 1.54) is 12.1 Å². The zero-order chi connectivity index (χ0) is 16.7. The van der Waals surface area contributed by atoms with Gasteiger partial charge >= 0.3 is 0 Å². The van der Waals surface area contributed by atoms with E-state index in [4.69, 9.17) is 0 Å². The number of benzene rings is 1. The maximum absolute atomic E-state index is 13.5. The van der Waals surface area contributed by atoms with Gasteiger partial charge in [0.05, 0.1) is 17.2 Å². The monoisotopic (exact) mass is 330 g/mol. The highest BCUT2D eigenvalue weighted by atomic mass is 19.1. The van der Waals surface area contributed by atoms with E-state index in [1.54, 1.807) is 17.0 Å². The molecule has 5 nitrogen and oxygen atoms in total. The molecule has 1 aromatic carbocycles. The highest BCUT2D eigenvalue weighted by molar-refractivity contribution is 5.77. The van der Waals surface area contributed by atoms with Crippen LogP contribution in [-0.4, -0.2) is 59.1 Å². The molecule has 1 aliphatic heterocycles. The molecule has 1 saturated heterocycles. The van der Waals surface area contributed by atoms with Gasteiger partial charge in [-0.1, -0.05) is 0 Å². The highest BCUT2D eigenvalue weighted by Crippen LogP contribution is 2.47. The molecule has 6 heteroatoms. The van der Waals surface area contributed by atoms with Crippen LogP contribution in [0.2, 0.25) is 0 Å². The lowest BCUT2D eigenvalue weighted by Crippen LogP contribution is -2.47. The van der Waals surface area contributed by atoms with Crippen LogP contribution in [0.25, 0.3) is 10.9 Å². The van der Waals surface area contributed by atoms with Gasteiger partial charge in [-0.05, 0) is 38.1 Å². The Balaban J connectivity index is 1.53. The van der Waals surface area contributed by atoms with Crippen LogP contribution in [0.4, 0.5) is 4.39 Å². The van der Waals surface area contributed by atoms with Crippen molar-refractivity contribution in [2.75, 3.05) is 39.8 Å². The summed E-state index contributed by atoms with van der Waals surface area (Å²) >= 11 is 0. The lowest BCUT2D eigenvalue weighted by atomic mass is 10.1. The zero-order valence-electron chi connectivity index (χ0n) is 14.0. The Kier molecular flexibility index (Phi) is 3.89. The molecule has 128 valence electrons. The first-order valence-electron chi connectivity index (χ1n) is 8.60. The molecule has 0 amide bonds. The van der Waals surface area contributed by atoms with Gasteiger partial charge in [0.25, 0.3) is 5.56 Å². The molecule has 2 heterocycles. The molecular formula is C18H23FN4O. The Hall–Kier alpha value is -1.79. The number of nitrogens with zero attached hydrogens (tertiary/aromatic N) is 4. The summed E-state index contributed by atoms with van der Waals surface area (Å²) < 4.78 is 15.1. The fourth-order valence-electron chi connectivity index (χ4n) is 3.63. The molecule has 0 unspecified atom stereocenters. The summed E-state index contributed by atoms with van der Waals surface area (Å²) in [7, 11) is 2.16. The maximum atomic E-state index is 13.5. The van der Waals surface area contributed by atoms with Crippen LogP contribution in [0.1, 0.15) is 12.8 Å². The molecule has 0 bridgehead atoms. The van der Waals surface area contributed by atoms with Crippen molar-refractivity contribution in [2.45, 2.75) is 19.4 Å². The molecule has 1 saturated carbocycles. The van der Waals surface area contributed by atoms with E-state index < -0.39 is 5.82 Å². The van der Waals surface area contributed by atoms with E-state index in [9.17, 15) is 9.18 Å². The largest absolute Gasteiger partial charge is 0.304 e. The fourth-order valence-corrected chi connectivity index (χ4v) is 3.63. The first-order valence-corrected chi connectivity index (χ1v) is 8.60. The van der Waals surface area contributed by atoms with Gasteiger partial charge < -0.3 is 9.80 Å². The standard InChI is InChI=1S/C18H23FN4O/c1-21-6-8-22(9-7-21)11-18(4-5-18)12-23-13-20-16-3-2-14(19)10-15(16)17(23)24/h2-3,10,13H,4-9,11-12H2,1H3. The molecule has 0 atom stereocenters. The zero-order valence-corrected chi connectivity index (χ0v) is 14.0. The summed E-state index contributed by atoms with van der Waals surface area (Å²) in [6.07, 6.45) is 3.91. The number of rotatable bonds is 4. The van der Waals surface area contributed by atoms with Gasteiger partial charge in [-0.3, -0.25) is 9.36 Å². The highest BCUT2D eigenvalue weighted by Gasteiger charge is 2.44. The van der Waals surface area contributed by atoms with Gasteiger partial charge in [-0.25, -0.2) is 9.37 Å². The third-order valence-corrected chi connectivity index (χ3v) is 5.40. The molecule has 0 N–H and O–H groups in total. The fraction of sp³-hybridized carbons (Fsp3) is 0.556. The Morgan fingerprint density at radius 3 is 2.62 bits per heavy atom. The minimum Gasteiger partial charge on any atom is -0.304 e. The van der Waals surface area contributed by atoms with Crippen molar-refractivity contribution >= 4 is 10.9 Å². The molecule has 1 aliphatic carbocycles. The topological polar surface area (TPSA) is 41.4 Å². The second-order valence-electron chi connectivity index (χ2n) is 7.42. The van der Waals surface area contributed by atoms with Crippen LogP contribution in [0.3, 0.4) is 0 Å². The minimum absolute atomic E-state index is 0.135. The molecule has 0 radical (unpaired) electrons. The van der Waals surface area contributed by atoms with Gasteiger partial charge in [0.2, 0.25) is 0 Å². The summed E-state index contributed by atoms with van der Waals surface area (Å²) in [4.78, 5) is 21.8. The van der Waals surface area contributed by atoms with E-state index in [0.717, 1.165) is 45.6 Å². The second-order valence-corrected chi connectivity index (χ2v) is 7.42. The average molecular weight is 330 g/mol. The molecule has 2 fully saturated rings. The van der Waals surface area contributed by atoms with Crippen molar-refractivity contribution < 1.29 is 4.39 Å². The number of hydrogen-bond donors (Lipinski definition) is 0. The van der Waals surface area contributed by atoms with Crippen LogP contribution in [0.5, 0.6) is 0 Å². The summed E-state index contributed by atoms with van der Waals surface area (Å²) in [5, 5.41) is 0.368. The Bertz CT molecular complexity index is 806. The lowest BCUT2D eigenvalue weighted by Gasteiger charge is -2.35. The molecular weight excluding hydrogens is 307 g/mol. The predicted octanol–water partition coefficient (Wildman–Crippen LogP) is 1.56. The lowest BCUT2D eigenvalue weighted by molar-refractivity contribution is 0.125. The Morgan fingerprint density at radius 2 is 1.92 bits per heavy atom. The van der Waals surface area contributed by atoms with Gasteiger partial charge in [-0.2, -0.15) is 0 Å². The molecule has 0 spiro atoms. The first-order chi connectivity index (χ1) is 11.5. The van der Waals surface area contributed by atoms with Crippen molar-refractivity contribution in [1.82, 2.24) is 19.4 Å². The summed E-state index contributed by atoms with van der Waals surface area (Å²) in [6, 6.07) is 4.20. The van der Waals surface area contributed by atoms with E-state index >= 15 is 0 Å². The van der Waals surface area contributed by atoms with Gasteiger partial charge in [0, 0.05) is 44.7 Å². The summed E-state index contributed by atoms with van der Waals surface area (Å²) in [5.74, 6) is -0.391. The van der Waals surface area contributed by atoms with Gasteiger partial charge in [0.1, 0.15) is 5.82 Å². The van der Waals surface area contributed by atoms with Crippen LogP contribution in [0.15, 0.2) is 29.3 Å². The maximum Gasteiger partial charge on any atom is 0.261 e.